The monoisotopic (exact) mass is 288 g/mol. The normalized spacial score (nSPS) is 9.53. The summed E-state index contributed by atoms with van der Waals surface area (Å²) < 4.78 is 0. The van der Waals surface area contributed by atoms with Gasteiger partial charge in [-0.3, -0.25) is 14.9 Å². The van der Waals surface area contributed by atoms with E-state index in [1.165, 1.54) is 18.2 Å². The molecule has 0 aliphatic heterocycles. The summed E-state index contributed by atoms with van der Waals surface area (Å²) in [6.07, 6.45) is 0. The fourth-order valence-electron chi connectivity index (χ4n) is 1.39. The standard InChI is InChI=1S/C11H16N4O3.ClH/c1-2-13-5-6-14-11(16)8-3-4-9(12)10(7-8)15(17)18;/h3-4,7,13H,2,5-6,12H2,1H3,(H,14,16);1H. The van der Waals surface area contributed by atoms with Crippen LogP contribution in [0, 0.1) is 10.1 Å². The van der Waals surface area contributed by atoms with Gasteiger partial charge in [0.15, 0.2) is 0 Å². The third kappa shape index (κ3) is 5.11. The van der Waals surface area contributed by atoms with E-state index in [2.05, 4.69) is 10.6 Å². The molecule has 4 N–H and O–H groups in total. The zero-order valence-corrected chi connectivity index (χ0v) is 11.3. The molecule has 1 rings (SSSR count). The van der Waals surface area contributed by atoms with Gasteiger partial charge in [0.2, 0.25) is 0 Å². The second-order valence-corrected chi connectivity index (χ2v) is 3.64. The summed E-state index contributed by atoms with van der Waals surface area (Å²) in [6.45, 7) is 3.90. The number of rotatable bonds is 6. The average Bonchev–Trinajstić information content (AvgIpc) is 2.34. The number of nitrogens with two attached hydrogens (primary N) is 1. The highest BCUT2D eigenvalue weighted by atomic mass is 35.5. The van der Waals surface area contributed by atoms with E-state index in [-0.39, 0.29) is 35.3 Å². The Bertz CT molecular complexity index is 454. The number of carbonyl (C=O) groups is 1. The van der Waals surface area contributed by atoms with Crippen LogP contribution >= 0.6 is 12.4 Å². The van der Waals surface area contributed by atoms with Crippen molar-refractivity contribution in [1.82, 2.24) is 10.6 Å². The summed E-state index contributed by atoms with van der Waals surface area (Å²) in [7, 11) is 0. The maximum atomic E-state index is 11.7. The van der Waals surface area contributed by atoms with Crippen LogP contribution < -0.4 is 16.4 Å². The van der Waals surface area contributed by atoms with Crippen molar-refractivity contribution in [3.05, 3.63) is 33.9 Å². The number of nitrogens with one attached hydrogen (secondary N) is 2. The second-order valence-electron chi connectivity index (χ2n) is 3.64. The lowest BCUT2D eigenvalue weighted by Gasteiger charge is -2.06. The van der Waals surface area contributed by atoms with Gasteiger partial charge in [-0.25, -0.2) is 0 Å². The molecule has 0 aliphatic carbocycles. The third-order valence-corrected chi connectivity index (χ3v) is 2.33. The molecule has 0 bridgehead atoms. The number of anilines is 1. The number of benzene rings is 1. The Hall–Kier alpha value is -1.86. The molecule has 0 heterocycles. The molecule has 0 aromatic heterocycles. The molecule has 106 valence electrons. The number of amides is 1. The number of halogens is 1. The van der Waals surface area contributed by atoms with E-state index in [1.807, 2.05) is 6.92 Å². The maximum absolute atomic E-state index is 11.7. The Kier molecular flexibility index (Phi) is 7.47. The van der Waals surface area contributed by atoms with Gasteiger partial charge in [-0.1, -0.05) is 6.92 Å². The zero-order valence-electron chi connectivity index (χ0n) is 10.5. The average molecular weight is 289 g/mol. The van der Waals surface area contributed by atoms with Crippen molar-refractivity contribution in [2.45, 2.75) is 6.92 Å². The fourth-order valence-corrected chi connectivity index (χ4v) is 1.39. The molecule has 0 fully saturated rings. The lowest BCUT2D eigenvalue weighted by Crippen LogP contribution is -2.31. The van der Waals surface area contributed by atoms with Gasteiger partial charge in [0.1, 0.15) is 5.69 Å². The fraction of sp³-hybridized carbons (Fsp3) is 0.364. The quantitative estimate of drug-likeness (QED) is 0.312. The molecule has 0 atom stereocenters. The zero-order chi connectivity index (χ0) is 13.5. The molecular formula is C11H17ClN4O3. The highest BCUT2D eigenvalue weighted by molar-refractivity contribution is 5.95. The minimum absolute atomic E-state index is 0. The Morgan fingerprint density at radius 3 is 2.68 bits per heavy atom. The predicted octanol–water partition coefficient (Wildman–Crippen LogP) is 0.938. The molecule has 0 saturated heterocycles. The molecule has 0 aliphatic rings. The maximum Gasteiger partial charge on any atom is 0.292 e. The number of likely N-dealkylation sites (N-methyl/N-ethyl adjacent to an activating group) is 1. The number of nitro benzene ring substituents is 1. The summed E-state index contributed by atoms with van der Waals surface area (Å²) >= 11 is 0. The van der Waals surface area contributed by atoms with Crippen molar-refractivity contribution >= 4 is 29.7 Å². The van der Waals surface area contributed by atoms with E-state index < -0.39 is 4.92 Å². The van der Waals surface area contributed by atoms with Crippen molar-refractivity contribution in [2.75, 3.05) is 25.4 Å². The highest BCUT2D eigenvalue weighted by Gasteiger charge is 2.15. The number of hydrogen-bond donors (Lipinski definition) is 3. The number of carbonyl (C=O) groups excluding carboxylic acids is 1. The molecule has 1 aromatic carbocycles. The van der Waals surface area contributed by atoms with Crippen LogP contribution in [0.3, 0.4) is 0 Å². The van der Waals surface area contributed by atoms with Crippen LogP contribution in [-0.4, -0.2) is 30.5 Å². The van der Waals surface area contributed by atoms with Crippen LogP contribution in [0.4, 0.5) is 11.4 Å². The summed E-state index contributed by atoms with van der Waals surface area (Å²) in [5.74, 6) is -0.351. The Labute approximate surface area is 117 Å². The molecule has 1 aromatic rings. The Balaban J connectivity index is 0.00000324. The largest absolute Gasteiger partial charge is 0.393 e. The van der Waals surface area contributed by atoms with Gasteiger partial charge in [-0.2, -0.15) is 0 Å². The van der Waals surface area contributed by atoms with Crippen molar-refractivity contribution in [3.63, 3.8) is 0 Å². The number of nitrogens with zero attached hydrogens (tertiary/aromatic N) is 1. The van der Waals surface area contributed by atoms with Crippen LogP contribution in [0.25, 0.3) is 0 Å². The lowest BCUT2D eigenvalue weighted by atomic mass is 10.1. The molecule has 0 spiro atoms. The summed E-state index contributed by atoms with van der Waals surface area (Å²) in [6, 6.07) is 4.00. The molecular weight excluding hydrogens is 272 g/mol. The van der Waals surface area contributed by atoms with Crippen molar-refractivity contribution < 1.29 is 9.72 Å². The van der Waals surface area contributed by atoms with Crippen LogP contribution in [0.5, 0.6) is 0 Å². The minimum atomic E-state index is -0.606. The first kappa shape index (κ1) is 17.1. The molecule has 0 saturated carbocycles. The third-order valence-electron chi connectivity index (χ3n) is 2.33. The SMILES string of the molecule is CCNCCNC(=O)c1ccc(N)c([N+](=O)[O-])c1.Cl. The van der Waals surface area contributed by atoms with E-state index >= 15 is 0 Å². The Morgan fingerprint density at radius 2 is 2.11 bits per heavy atom. The second kappa shape index (κ2) is 8.28. The lowest BCUT2D eigenvalue weighted by molar-refractivity contribution is -0.383. The van der Waals surface area contributed by atoms with Gasteiger partial charge in [-0.05, 0) is 18.7 Å². The molecule has 0 radical (unpaired) electrons. The summed E-state index contributed by atoms with van der Waals surface area (Å²) in [5.41, 5.74) is 5.47. The molecule has 0 unspecified atom stereocenters. The van der Waals surface area contributed by atoms with Gasteiger partial charge in [0.05, 0.1) is 4.92 Å². The van der Waals surface area contributed by atoms with Gasteiger partial charge >= 0.3 is 0 Å². The number of nitrogen functional groups attached to an aromatic ring is 1. The first-order valence-corrected chi connectivity index (χ1v) is 5.59. The van der Waals surface area contributed by atoms with E-state index in [0.717, 1.165) is 6.54 Å². The number of hydrogen-bond acceptors (Lipinski definition) is 5. The van der Waals surface area contributed by atoms with Crippen molar-refractivity contribution in [3.8, 4) is 0 Å². The topological polar surface area (TPSA) is 110 Å². The highest BCUT2D eigenvalue weighted by Crippen LogP contribution is 2.22. The smallest absolute Gasteiger partial charge is 0.292 e. The van der Waals surface area contributed by atoms with Crippen LogP contribution in [-0.2, 0) is 0 Å². The van der Waals surface area contributed by atoms with Gasteiger partial charge in [-0.15, -0.1) is 12.4 Å². The van der Waals surface area contributed by atoms with Crippen LogP contribution in [0.1, 0.15) is 17.3 Å². The van der Waals surface area contributed by atoms with Crippen LogP contribution in [0.2, 0.25) is 0 Å². The number of nitro groups is 1. The van der Waals surface area contributed by atoms with Gasteiger partial charge in [0.25, 0.3) is 11.6 Å². The van der Waals surface area contributed by atoms with Crippen LogP contribution in [0.15, 0.2) is 18.2 Å². The summed E-state index contributed by atoms with van der Waals surface area (Å²) in [5, 5.41) is 16.4. The predicted molar refractivity (Wildman–Crippen MR) is 75.6 cm³/mol. The van der Waals surface area contributed by atoms with E-state index in [4.69, 9.17) is 5.73 Å². The van der Waals surface area contributed by atoms with Crippen molar-refractivity contribution in [1.29, 1.82) is 0 Å². The van der Waals surface area contributed by atoms with E-state index in [0.29, 0.717) is 13.1 Å². The summed E-state index contributed by atoms with van der Waals surface area (Å²) in [4.78, 5) is 21.8. The van der Waals surface area contributed by atoms with Gasteiger partial charge in [0, 0.05) is 24.7 Å². The van der Waals surface area contributed by atoms with E-state index in [9.17, 15) is 14.9 Å². The first-order valence-electron chi connectivity index (χ1n) is 5.59. The van der Waals surface area contributed by atoms with E-state index in [1.54, 1.807) is 0 Å². The minimum Gasteiger partial charge on any atom is -0.393 e. The molecule has 8 heteroatoms. The van der Waals surface area contributed by atoms with Crippen molar-refractivity contribution in [2.24, 2.45) is 0 Å². The molecule has 1 amide bonds. The van der Waals surface area contributed by atoms with Gasteiger partial charge < -0.3 is 16.4 Å². The molecule has 7 nitrogen and oxygen atoms in total. The Morgan fingerprint density at radius 1 is 1.42 bits per heavy atom. The molecule has 19 heavy (non-hydrogen) atoms. The first-order chi connectivity index (χ1) is 8.56.